The summed E-state index contributed by atoms with van der Waals surface area (Å²) in [5, 5.41) is 0. The fourth-order valence-electron chi connectivity index (χ4n) is 6.19. The molecule has 0 heterocycles. The van der Waals surface area contributed by atoms with E-state index in [-0.39, 0.29) is 25.8 Å². The van der Waals surface area contributed by atoms with Crippen molar-refractivity contribution < 1.29 is 37.3 Å². The number of hydrogen-bond donors (Lipinski definition) is 1. The van der Waals surface area contributed by atoms with Gasteiger partial charge in [0.05, 0.1) is 34.4 Å². The summed E-state index contributed by atoms with van der Waals surface area (Å²) in [4.78, 5) is 22.9. The number of quaternary nitrogens is 1. The lowest BCUT2D eigenvalue weighted by molar-refractivity contribution is -0.870. The minimum Gasteiger partial charge on any atom is -0.457 e. The molecule has 0 aromatic heterocycles. The number of ether oxygens (including phenoxy) is 2. The molecule has 0 aliphatic heterocycles. The van der Waals surface area contributed by atoms with Gasteiger partial charge in [0.2, 0.25) is 0 Å². The monoisotopic (exact) mass is 787 g/mol. The molecule has 54 heavy (non-hydrogen) atoms. The van der Waals surface area contributed by atoms with Gasteiger partial charge in [-0.1, -0.05) is 154 Å². The van der Waals surface area contributed by atoms with Gasteiger partial charge in [-0.25, -0.2) is 4.57 Å². The first-order valence-electron chi connectivity index (χ1n) is 22.6. The molecule has 0 aliphatic carbocycles. The highest BCUT2D eigenvalue weighted by Gasteiger charge is 2.26. The van der Waals surface area contributed by atoms with Crippen LogP contribution in [0.5, 0.6) is 0 Å². The molecule has 0 aromatic carbocycles. The smallest absolute Gasteiger partial charge is 0.457 e. The summed E-state index contributed by atoms with van der Waals surface area (Å²) in [5.74, 6) is -0.323. The maximum absolute atomic E-state index is 12.7. The van der Waals surface area contributed by atoms with Crippen molar-refractivity contribution in [3.8, 4) is 0 Å². The van der Waals surface area contributed by atoms with Crippen LogP contribution in [0, 0.1) is 0 Å². The van der Waals surface area contributed by atoms with E-state index in [1.54, 1.807) is 0 Å². The van der Waals surface area contributed by atoms with Crippen LogP contribution in [-0.2, 0) is 27.9 Å². The molecule has 0 radical (unpaired) electrons. The lowest BCUT2D eigenvalue weighted by atomic mass is 10.1. The first-order chi connectivity index (χ1) is 26.1. The summed E-state index contributed by atoms with van der Waals surface area (Å²) < 4.78 is 35.0. The Morgan fingerprint density at radius 3 is 1.41 bits per heavy atom. The first kappa shape index (κ1) is 53.0. The number of hydrogen-bond acceptors (Lipinski definition) is 6. The standard InChI is InChI=1S/C45H88NO7P/c1-6-8-10-12-14-16-18-20-22-24-26-28-30-32-34-36-38-45(47)53-44(43-52-54(48,49)51-41-39-46(3,4)5)42-50-40-37-35-33-31-29-27-25-23-21-19-17-15-13-11-9-7-2/h21-24,44H,6-20,25-43H2,1-5H3/p+1/b23-21-,24-22-. The molecule has 8 nitrogen and oxygen atoms in total. The zero-order valence-electron chi connectivity index (χ0n) is 36.2. The van der Waals surface area contributed by atoms with Crippen LogP contribution in [0.3, 0.4) is 0 Å². The van der Waals surface area contributed by atoms with Crippen molar-refractivity contribution in [1.29, 1.82) is 0 Å². The largest absolute Gasteiger partial charge is 0.472 e. The Kier molecular flexibility index (Phi) is 38.1. The predicted octanol–water partition coefficient (Wildman–Crippen LogP) is 13.2. The number of likely N-dealkylation sites (N-methyl/N-ethyl adjacent to an activating group) is 1. The van der Waals surface area contributed by atoms with Crippen molar-refractivity contribution >= 4 is 13.8 Å². The number of esters is 1. The topological polar surface area (TPSA) is 91.3 Å². The minimum atomic E-state index is -4.27. The normalized spacial score (nSPS) is 14.0. The SMILES string of the molecule is CCCCCCCC/C=C\CCCCCCCCOCC(COP(=O)(O)OCC[N+](C)(C)C)OC(=O)CCCCCCC/C=C\CCCCCCCCC. The second kappa shape index (κ2) is 38.8. The maximum Gasteiger partial charge on any atom is 0.472 e. The highest BCUT2D eigenvalue weighted by Crippen LogP contribution is 2.43. The maximum atomic E-state index is 12.7. The quantitative estimate of drug-likeness (QED) is 0.0217. The number of allylic oxidation sites excluding steroid dienone is 4. The molecule has 0 fully saturated rings. The van der Waals surface area contributed by atoms with Crippen molar-refractivity contribution in [2.24, 2.45) is 0 Å². The van der Waals surface area contributed by atoms with Gasteiger partial charge in [-0.15, -0.1) is 0 Å². The van der Waals surface area contributed by atoms with E-state index in [2.05, 4.69) is 38.2 Å². The van der Waals surface area contributed by atoms with E-state index in [4.69, 9.17) is 18.5 Å². The van der Waals surface area contributed by atoms with Gasteiger partial charge in [0.1, 0.15) is 19.3 Å². The van der Waals surface area contributed by atoms with Crippen LogP contribution >= 0.6 is 7.82 Å². The third-order valence-corrected chi connectivity index (χ3v) is 10.7. The van der Waals surface area contributed by atoms with Crippen molar-refractivity contribution in [2.75, 3.05) is 54.1 Å². The first-order valence-corrected chi connectivity index (χ1v) is 24.1. The molecular formula is C45H89NO7P+. The lowest BCUT2D eigenvalue weighted by Gasteiger charge is -2.24. The minimum absolute atomic E-state index is 0.0870. The Labute approximate surface area is 334 Å². The molecule has 0 bridgehead atoms. The zero-order chi connectivity index (χ0) is 39.9. The molecule has 320 valence electrons. The number of carbonyl (C=O) groups is 1. The van der Waals surface area contributed by atoms with E-state index < -0.39 is 13.9 Å². The second-order valence-electron chi connectivity index (χ2n) is 16.4. The van der Waals surface area contributed by atoms with E-state index in [0.29, 0.717) is 24.1 Å². The summed E-state index contributed by atoms with van der Waals surface area (Å²) in [7, 11) is 1.66. The number of unbranched alkanes of at least 4 members (excludes halogenated alkanes) is 24. The number of phosphoric ester groups is 1. The fourth-order valence-corrected chi connectivity index (χ4v) is 6.93. The number of nitrogens with zero attached hydrogens (tertiary/aromatic N) is 1. The third-order valence-electron chi connectivity index (χ3n) is 9.74. The van der Waals surface area contributed by atoms with E-state index in [1.807, 2.05) is 21.1 Å². The molecule has 2 atom stereocenters. The van der Waals surface area contributed by atoms with Gasteiger partial charge in [-0.3, -0.25) is 13.8 Å². The van der Waals surface area contributed by atoms with E-state index >= 15 is 0 Å². The fraction of sp³-hybridized carbons (Fsp3) is 0.889. The van der Waals surface area contributed by atoms with Crippen LogP contribution in [0.25, 0.3) is 0 Å². The van der Waals surface area contributed by atoms with Gasteiger partial charge >= 0.3 is 13.8 Å². The average Bonchev–Trinajstić information content (AvgIpc) is 3.12. The Morgan fingerprint density at radius 1 is 0.556 bits per heavy atom. The molecule has 1 N–H and O–H groups in total. The average molecular weight is 787 g/mol. The van der Waals surface area contributed by atoms with E-state index in [1.165, 1.54) is 135 Å². The number of carbonyl (C=O) groups excluding carboxylic acids is 1. The lowest BCUT2D eigenvalue weighted by Crippen LogP contribution is -2.37. The summed E-state index contributed by atoms with van der Waals surface area (Å²) >= 11 is 0. The van der Waals surface area contributed by atoms with Crippen molar-refractivity contribution in [3.05, 3.63) is 24.3 Å². The highest BCUT2D eigenvalue weighted by atomic mass is 31.2. The van der Waals surface area contributed by atoms with Crippen LogP contribution in [0.15, 0.2) is 24.3 Å². The third kappa shape index (κ3) is 42.1. The molecule has 0 aromatic rings. The van der Waals surface area contributed by atoms with Crippen molar-refractivity contribution in [2.45, 2.75) is 206 Å². The molecule has 0 amide bonds. The van der Waals surface area contributed by atoms with E-state index in [0.717, 1.165) is 44.9 Å². The Balaban J connectivity index is 4.24. The molecule has 0 saturated heterocycles. The van der Waals surface area contributed by atoms with Crippen LogP contribution in [0.2, 0.25) is 0 Å². The molecule has 2 unspecified atom stereocenters. The van der Waals surface area contributed by atoms with Gasteiger partial charge in [-0.05, 0) is 64.2 Å². The zero-order valence-corrected chi connectivity index (χ0v) is 37.1. The highest BCUT2D eigenvalue weighted by molar-refractivity contribution is 7.47. The summed E-state index contributed by atoms with van der Waals surface area (Å²) in [6, 6.07) is 0. The Hall–Kier alpha value is -1.02. The molecule has 0 spiro atoms. The van der Waals surface area contributed by atoms with Gasteiger partial charge in [-0.2, -0.15) is 0 Å². The Bertz CT molecular complexity index is 920. The Morgan fingerprint density at radius 2 is 0.963 bits per heavy atom. The number of rotatable bonds is 42. The van der Waals surface area contributed by atoms with Crippen molar-refractivity contribution in [3.63, 3.8) is 0 Å². The molecular weight excluding hydrogens is 697 g/mol. The van der Waals surface area contributed by atoms with Crippen molar-refractivity contribution in [1.82, 2.24) is 0 Å². The van der Waals surface area contributed by atoms with Gasteiger partial charge in [0.15, 0.2) is 0 Å². The molecule has 0 saturated carbocycles. The van der Waals surface area contributed by atoms with Crippen LogP contribution in [0.4, 0.5) is 0 Å². The molecule has 0 aliphatic rings. The summed E-state index contributed by atoms with van der Waals surface area (Å²) in [5.41, 5.74) is 0. The summed E-state index contributed by atoms with van der Waals surface area (Å²) in [6.07, 6.45) is 43.5. The van der Waals surface area contributed by atoms with Crippen LogP contribution < -0.4 is 0 Å². The predicted molar refractivity (Wildman–Crippen MR) is 229 cm³/mol. The van der Waals surface area contributed by atoms with Gasteiger partial charge < -0.3 is 18.9 Å². The molecule has 9 heteroatoms. The van der Waals surface area contributed by atoms with Gasteiger partial charge in [0, 0.05) is 13.0 Å². The summed E-state index contributed by atoms with van der Waals surface area (Å²) in [6.45, 7) is 5.61. The van der Waals surface area contributed by atoms with Gasteiger partial charge in [0.25, 0.3) is 0 Å². The number of phosphoric acid groups is 1. The second-order valence-corrected chi connectivity index (χ2v) is 17.9. The van der Waals surface area contributed by atoms with Crippen LogP contribution in [0.1, 0.15) is 200 Å². The molecule has 0 rings (SSSR count). The van der Waals surface area contributed by atoms with E-state index in [9.17, 15) is 14.3 Å². The van der Waals surface area contributed by atoms with Crippen LogP contribution in [-0.4, -0.2) is 75.6 Å².